The Hall–Kier alpha value is -3.10. The molecule has 2 N–H and O–H groups in total. The first-order chi connectivity index (χ1) is 15.6. The van der Waals surface area contributed by atoms with E-state index in [1.54, 1.807) is 9.58 Å². The molecule has 2 aromatic rings. The second-order valence-electron chi connectivity index (χ2n) is 10.0. The van der Waals surface area contributed by atoms with Gasteiger partial charge in [0.1, 0.15) is 5.60 Å². The summed E-state index contributed by atoms with van der Waals surface area (Å²) in [5, 5.41) is 11.5. The Morgan fingerprint density at radius 1 is 1.27 bits per heavy atom. The second kappa shape index (κ2) is 9.03. The van der Waals surface area contributed by atoms with Crippen LogP contribution in [0.15, 0.2) is 18.2 Å². The Morgan fingerprint density at radius 3 is 2.79 bits per heavy atom. The minimum absolute atomic E-state index is 0.230. The predicted molar refractivity (Wildman–Crippen MR) is 125 cm³/mol. The van der Waals surface area contributed by atoms with Crippen LogP contribution >= 0.6 is 0 Å². The van der Waals surface area contributed by atoms with E-state index in [-0.39, 0.29) is 17.9 Å². The maximum absolute atomic E-state index is 12.5. The zero-order valence-corrected chi connectivity index (χ0v) is 19.8. The van der Waals surface area contributed by atoms with Crippen molar-refractivity contribution in [3.8, 4) is 0 Å². The van der Waals surface area contributed by atoms with Gasteiger partial charge in [0.15, 0.2) is 0 Å². The first kappa shape index (κ1) is 23.1. The number of piperidine rings is 2. The number of carbonyl (C=O) groups is 3. The summed E-state index contributed by atoms with van der Waals surface area (Å²) in [4.78, 5) is 38.2. The third kappa shape index (κ3) is 5.12. The summed E-state index contributed by atoms with van der Waals surface area (Å²) in [6.45, 7) is 7.74. The zero-order valence-electron chi connectivity index (χ0n) is 19.8. The molecule has 9 heteroatoms. The number of anilines is 1. The minimum atomic E-state index is -0.502. The number of fused-ring (bicyclic) bond motifs is 1. The molecule has 2 aliphatic rings. The Balaban J connectivity index is 1.47. The van der Waals surface area contributed by atoms with Crippen LogP contribution in [0.25, 0.3) is 10.9 Å². The number of ether oxygens (including phenoxy) is 1. The number of nitrogens with zero attached hydrogens (tertiary/aromatic N) is 3. The van der Waals surface area contributed by atoms with Gasteiger partial charge in [-0.25, -0.2) is 4.79 Å². The van der Waals surface area contributed by atoms with Crippen LogP contribution in [0, 0.1) is 5.92 Å². The number of aryl methyl sites for hydroxylation is 1. The second-order valence-corrected chi connectivity index (χ2v) is 10.0. The van der Waals surface area contributed by atoms with Crippen LogP contribution in [0.5, 0.6) is 0 Å². The Labute approximate surface area is 193 Å². The first-order valence-electron chi connectivity index (χ1n) is 11.6. The van der Waals surface area contributed by atoms with Crippen molar-refractivity contribution in [3.05, 3.63) is 23.9 Å². The molecule has 1 unspecified atom stereocenters. The number of rotatable bonds is 4. The molecule has 1 aromatic heterocycles. The third-order valence-electron chi connectivity index (χ3n) is 6.21. The van der Waals surface area contributed by atoms with Crippen molar-refractivity contribution >= 4 is 34.5 Å². The van der Waals surface area contributed by atoms with Gasteiger partial charge in [0.2, 0.25) is 11.8 Å². The molecule has 1 aromatic carbocycles. The molecule has 33 heavy (non-hydrogen) atoms. The van der Waals surface area contributed by atoms with Crippen LogP contribution in [-0.2, 0) is 21.4 Å². The number of para-hydroxylation sites is 1. The van der Waals surface area contributed by atoms with E-state index in [0.717, 1.165) is 42.5 Å². The molecular formula is C24H33N5O4. The molecule has 0 saturated carbocycles. The van der Waals surface area contributed by atoms with Crippen LogP contribution < -0.4 is 10.6 Å². The van der Waals surface area contributed by atoms with Crippen molar-refractivity contribution in [2.75, 3.05) is 25.0 Å². The van der Waals surface area contributed by atoms with Crippen molar-refractivity contribution < 1.29 is 19.1 Å². The quantitative estimate of drug-likeness (QED) is 0.686. The Bertz CT molecular complexity index is 1070. The summed E-state index contributed by atoms with van der Waals surface area (Å²) in [5.74, 6) is -0.632. The zero-order chi connectivity index (χ0) is 23.8. The Morgan fingerprint density at radius 2 is 2.06 bits per heavy atom. The number of carbonyl (C=O) groups excluding carboxylic acids is 3. The highest BCUT2D eigenvalue weighted by atomic mass is 16.6. The first-order valence-corrected chi connectivity index (χ1v) is 11.6. The summed E-state index contributed by atoms with van der Waals surface area (Å²) >= 11 is 0. The fourth-order valence-corrected chi connectivity index (χ4v) is 4.70. The highest BCUT2D eigenvalue weighted by Gasteiger charge is 2.32. The number of benzene rings is 1. The van der Waals surface area contributed by atoms with Crippen molar-refractivity contribution in [2.24, 2.45) is 13.0 Å². The third-order valence-corrected chi connectivity index (χ3v) is 6.21. The lowest BCUT2D eigenvalue weighted by molar-refractivity contribution is -0.134. The molecule has 0 aliphatic carbocycles. The predicted octanol–water partition coefficient (Wildman–Crippen LogP) is 3.15. The summed E-state index contributed by atoms with van der Waals surface area (Å²) in [6.07, 6.45) is 2.52. The standard InChI is InChI=1S/C24H33N5O4/c1-24(2,3)33-23(32)29-12-6-7-15(14-29)13-25-18-9-5-8-16-20(27-28(4)21(16)18)17-10-11-19(30)26-22(17)31/h5,8-9,15,17,25H,6-7,10-14H2,1-4H3,(H,26,30,31)/t15-,17?/m0/s1. The van der Waals surface area contributed by atoms with Crippen LogP contribution in [0.3, 0.4) is 0 Å². The van der Waals surface area contributed by atoms with E-state index in [0.29, 0.717) is 31.0 Å². The SMILES string of the molecule is Cn1nc(C2CCC(=O)NC2=O)c2cccc(NC[C@@H]3CCCN(C(=O)OC(C)(C)C)C3)c21. The number of amides is 3. The van der Waals surface area contributed by atoms with Crippen molar-refractivity contribution in [3.63, 3.8) is 0 Å². The molecule has 9 nitrogen and oxygen atoms in total. The maximum Gasteiger partial charge on any atom is 0.410 e. The fraction of sp³-hybridized carbons (Fsp3) is 0.583. The van der Waals surface area contributed by atoms with Gasteiger partial charge in [0, 0.05) is 38.5 Å². The van der Waals surface area contributed by atoms with Crippen molar-refractivity contribution in [1.29, 1.82) is 0 Å². The molecule has 4 rings (SSSR count). The highest BCUT2D eigenvalue weighted by Crippen LogP contribution is 2.33. The van der Waals surface area contributed by atoms with E-state index < -0.39 is 11.5 Å². The van der Waals surface area contributed by atoms with E-state index >= 15 is 0 Å². The summed E-state index contributed by atoms with van der Waals surface area (Å²) in [7, 11) is 1.87. The van der Waals surface area contributed by atoms with Crippen molar-refractivity contribution in [2.45, 2.75) is 58.0 Å². The Kier molecular flexibility index (Phi) is 6.32. The summed E-state index contributed by atoms with van der Waals surface area (Å²) in [5.41, 5.74) is 2.07. The van der Waals surface area contributed by atoms with Gasteiger partial charge in [0.25, 0.3) is 0 Å². The topological polar surface area (TPSA) is 106 Å². The lowest BCUT2D eigenvalue weighted by Gasteiger charge is -2.34. The smallest absolute Gasteiger partial charge is 0.410 e. The van der Waals surface area contributed by atoms with E-state index in [1.165, 1.54) is 0 Å². The van der Waals surface area contributed by atoms with Gasteiger partial charge in [-0.3, -0.25) is 19.6 Å². The van der Waals surface area contributed by atoms with Crippen LogP contribution in [0.1, 0.15) is 58.1 Å². The van der Waals surface area contributed by atoms with Gasteiger partial charge < -0.3 is 15.0 Å². The van der Waals surface area contributed by atoms with E-state index in [1.807, 2.05) is 46.0 Å². The highest BCUT2D eigenvalue weighted by molar-refractivity contribution is 6.03. The molecule has 0 bridgehead atoms. The van der Waals surface area contributed by atoms with Crippen LogP contribution in [0.4, 0.5) is 10.5 Å². The van der Waals surface area contributed by atoms with Gasteiger partial charge in [-0.15, -0.1) is 0 Å². The number of hydrogen-bond acceptors (Lipinski definition) is 6. The van der Waals surface area contributed by atoms with Gasteiger partial charge in [-0.05, 0) is 52.0 Å². The fourth-order valence-electron chi connectivity index (χ4n) is 4.70. The number of aromatic nitrogens is 2. The average molecular weight is 456 g/mol. The number of imide groups is 1. The molecule has 3 amide bonds. The van der Waals surface area contributed by atoms with Crippen LogP contribution in [-0.4, -0.2) is 57.8 Å². The molecule has 0 spiro atoms. The van der Waals surface area contributed by atoms with E-state index in [4.69, 9.17) is 4.74 Å². The molecule has 2 fully saturated rings. The molecule has 2 aliphatic heterocycles. The van der Waals surface area contributed by atoms with Gasteiger partial charge in [0.05, 0.1) is 22.8 Å². The molecule has 3 heterocycles. The van der Waals surface area contributed by atoms with E-state index in [9.17, 15) is 14.4 Å². The number of likely N-dealkylation sites (tertiary alicyclic amines) is 1. The average Bonchev–Trinajstić information content (AvgIpc) is 3.08. The van der Waals surface area contributed by atoms with Gasteiger partial charge in [-0.2, -0.15) is 5.10 Å². The van der Waals surface area contributed by atoms with Gasteiger partial charge >= 0.3 is 6.09 Å². The van der Waals surface area contributed by atoms with Crippen molar-refractivity contribution in [1.82, 2.24) is 20.0 Å². The maximum atomic E-state index is 12.5. The molecule has 178 valence electrons. The lowest BCUT2D eigenvalue weighted by atomic mass is 9.92. The minimum Gasteiger partial charge on any atom is -0.444 e. The molecular weight excluding hydrogens is 422 g/mol. The van der Waals surface area contributed by atoms with Crippen LogP contribution in [0.2, 0.25) is 0 Å². The largest absolute Gasteiger partial charge is 0.444 e. The molecule has 2 saturated heterocycles. The molecule has 0 radical (unpaired) electrons. The number of nitrogens with one attached hydrogen (secondary N) is 2. The van der Waals surface area contributed by atoms with E-state index in [2.05, 4.69) is 15.7 Å². The monoisotopic (exact) mass is 455 g/mol. The summed E-state index contributed by atoms with van der Waals surface area (Å²) in [6, 6.07) is 5.93. The normalized spacial score (nSPS) is 21.8. The number of hydrogen-bond donors (Lipinski definition) is 2. The lowest BCUT2D eigenvalue weighted by Crippen LogP contribution is -2.44. The summed E-state index contributed by atoms with van der Waals surface area (Å²) < 4.78 is 7.33. The molecule has 2 atom stereocenters. The van der Waals surface area contributed by atoms with Gasteiger partial charge in [-0.1, -0.05) is 12.1 Å².